The Bertz CT molecular complexity index is 719. The van der Waals surface area contributed by atoms with Crippen molar-refractivity contribution in [1.29, 1.82) is 0 Å². The van der Waals surface area contributed by atoms with Crippen LogP contribution in [0, 0.1) is 5.82 Å². The average Bonchev–Trinajstić information content (AvgIpc) is 3.48. The van der Waals surface area contributed by atoms with E-state index in [9.17, 15) is 9.18 Å². The van der Waals surface area contributed by atoms with Gasteiger partial charge in [-0.1, -0.05) is 42.5 Å². The Balaban J connectivity index is 1.47. The molecule has 1 aliphatic carbocycles. The van der Waals surface area contributed by atoms with Crippen molar-refractivity contribution < 1.29 is 13.9 Å². The van der Waals surface area contributed by atoms with Gasteiger partial charge in [0, 0.05) is 19.6 Å². The molecule has 0 aliphatic heterocycles. The highest BCUT2D eigenvalue weighted by atomic mass is 19.1. The first-order valence-electron chi connectivity index (χ1n) is 9.03. The SMILES string of the molecule is CN(CCOc1ccccc1F)C(=O)CN(Cc1ccccc1)C1CC1. The van der Waals surface area contributed by atoms with Crippen LogP contribution in [0.25, 0.3) is 0 Å². The van der Waals surface area contributed by atoms with Crippen molar-refractivity contribution in [3.05, 3.63) is 66.0 Å². The lowest BCUT2D eigenvalue weighted by Crippen LogP contribution is -2.40. The highest BCUT2D eigenvalue weighted by molar-refractivity contribution is 5.78. The van der Waals surface area contributed by atoms with Crippen LogP contribution < -0.4 is 4.74 Å². The topological polar surface area (TPSA) is 32.8 Å². The summed E-state index contributed by atoms with van der Waals surface area (Å²) in [6, 6.07) is 17.0. The Kier molecular flexibility index (Phi) is 6.23. The van der Waals surface area contributed by atoms with E-state index in [-0.39, 0.29) is 24.1 Å². The number of likely N-dealkylation sites (N-methyl/N-ethyl adjacent to an activating group) is 1. The van der Waals surface area contributed by atoms with E-state index >= 15 is 0 Å². The maximum absolute atomic E-state index is 13.5. The molecule has 1 saturated carbocycles. The van der Waals surface area contributed by atoms with Gasteiger partial charge in [0.05, 0.1) is 13.1 Å². The van der Waals surface area contributed by atoms with Crippen molar-refractivity contribution in [2.45, 2.75) is 25.4 Å². The first-order valence-corrected chi connectivity index (χ1v) is 9.03. The molecule has 5 heteroatoms. The number of carbonyl (C=O) groups is 1. The zero-order valence-electron chi connectivity index (χ0n) is 15.1. The minimum Gasteiger partial charge on any atom is -0.489 e. The van der Waals surface area contributed by atoms with Crippen molar-refractivity contribution in [3.63, 3.8) is 0 Å². The van der Waals surface area contributed by atoms with Crippen molar-refractivity contribution in [3.8, 4) is 5.75 Å². The van der Waals surface area contributed by atoms with Crippen molar-refractivity contribution in [2.24, 2.45) is 0 Å². The summed E-state index contributed by atoms with van der Waals surface area (Å²) < 4.78 is 19.0. The highest BCUT2D eigenvalue weighted by Crippen LogP contribution is 2.28. The molecule has 0 saturated heterocycles. The average molecular weight is 356 g/mol. The Hall–Kier alpha value is -2.40. The standard InChI is InChI=1S/C21H25FN2O2/c1-23(13-14-26-20-10-6-5-9-19(20)22)21(25)16-24(18-11-12-18)15-17-7-3-2-4-8-17/h2-10,18H,11-16H2,1H3. The normalized spacial score (nSPS) is 13.7. The van der Waals surface area contributed by atoms with Gasteiger partial charge in [0.2, 0.25) is 5.91 Å². The molecule has 3 rings (SSSR count). The van der Waals surface area contributed by atoms with E-state index < -0.39 is 0 Å². The Morgan fingerprint density at radius 3 is 2.50 bits per heavy atom. The largest absolute Gasteiger partial charge is 0.489 e. The van der Waals surface area contributed by atoms with Crippen molar-refractivity contribution >= 4 is 5.91 Å². The molecule has 138 valence electrons. The smallest absolute Gasteiger partial charge is 0.236 e. The van der Waals surface area contributed by atoms with Gasteiger partial charge < -0.3 is 9.64 Å². The van der Waals surface area contributed by atoms with Gasteiger partial charge in [-0.15, -0.1) is 0 Å². The first kappa shape index (κ1) is 18.4. The third kappa shape index (κ3) is 5.30. The second-order valence-corrected chi connectivity index (χ2v) is 6.72. The molecule has 26 heavy (non-hydrogen) atoms. The van der Waals surface area contributed by atoms with Crippen LogP contribution in [-0.4, -0.2) is 48.5 Å². The molecule has 2 aromatic carbocycles. The molecule has 0 unspecified atom stereocenters. The number of hydrogen-bond donors (Lipinski definition) is 0. The summed E-state index contributed by atoms with van der Waals surface area (Å²) >= 11 is 0. The van der Waals surface area contributed by atoms with Gasteiger partial charge in [0.1, 0.15) is 6.61 Å². The maximum atomic E-state index is 13.5. The molecule has 1 amide bonds. The van der Waals surface area contributed by atoms with Gasteiger partial charge in [0.15, 0.2) is 11.6 Å². The lowest BCUT2D eigenvalue weighted by molar-refractivity contribution is -0.131. The summed E-state index contributed by atoms with van der Waals surface area (Å²) in [6.45, 7) is 1.88. The summed E-state index contributed by atoms with van der Waals surface area (Å²) in [5, 5.41) is 0. The number of halogens is 1. The number of rotatable bonds is 9. The van der Waals surface area contributed by atoms with Crippen LogP contribution in [0.1, 0.15) is 18.4 Å². The van der Waals surface area contributed by atoms with Gasteiger partial charge in [-0.05, 0) is 30.5 Å². The number of hydrogen-bond acceptors (Lipinski definition) is 3. The van der Waals surface area contributed by atoms with Crippen LogP contribution >= 0.6 is 0 Å². The summed E-state index contributed by atoms with van der Waals surface area (Å²) in [4.78, 5) is 16.4. The van der Waals surface area contributed by atoms with Gasteiger partial charge in [-0.25, -0.2) is 4.39 Å². The molecule has 0 heterocycles. The fourth-order valence-electron chi connectivity index (χ4n) is 2.85. The second-order valence-electron chi connectivity index (χ2n) is 6.72. The van der Waals surface area contributed by atoms with E-state index in [1.54, 1.807) is 30.1 Å². The van der Waals surface area contributed by atoms with E-state index in [0.717, 1.165) is 19.4 Å². The van der Waals surface area contributed by atoms with E-state index in [1.807, 2.05) is 18.2 Å². The summed E-state index contributed by atoms with van der Waals surface area (Å²) in [6.07, 6.45) is 2.31. The van der Waals surface area contributed by atoms with Crippen LogP contribution in [0.4, 0.5) is 4.39 Å². The molecule has 0 radical (unpaired) electrons. The summed E-state index contributed by atoms with van der Waals surface area (Å²) in [5.41, 5.74) is 1.22. The number of para-hydroxylation sites is 1. The first-order chi connectivity index (χ1) is 12.6. The molecule has 0 N–H and O–H groups in total. The molecular formula is C21H25FN2O2. The Morgan fingerprint density at radius 1 is 1.12 bits per heavy atom. The molecule has 1 aliphatic rings. The van der Waals surface area contributed by atoms with Gasteiger partial charge in [-0.2, -0.15) is 0 Å². The lowest BCUT2D eigenvalue weighted by atomic mass is 10.2. The number of nitrogens with zero attached hydrogens (tertiary/aromatic N) is 2. The van der Waals surface area contributed by atoms with Crippen LogP contribution in [0.3, 0.4) is 0 Å². The van der Waals surface area contributed by atoms with Crippen LogP contribution in [0.15, 0.2) is 54.6 Å². The maximum Gasteiger partial charge on any atom is 0.236 e. The lowest BCUT2D eigenvalue weighted by Gasteiger charge is -2.25. The molecule has 0 bridgehead atoms. The van der Waals surface area contributed by atoms with Crippen LogP contribution in [-0.2, 0) is 11.3 Å². The minimum absolute atomic E-state index is 0.0602. The molecule has 0 spiro atoms. The second kappa shape index (κ2) is 8.81. The summed E-state index contributed by atoms with van der Waals surface area (Å²) in [7, 11) is 1.76. The molecular weight excluding hydrogens is 331 g/mol. The van der Waals surface area contributed by atoms with Crippen LogP contribution in [0.5, 0.6) is 5.75 Å². The Morgan fingerprint density at radius 2 is 1.81 bits per heavy atom. The summed E-state index contributed by atoms with van der Waals surface area (Å²) in [5.74, 6) is -0.105. The van der Waals surface area contributed by atoms with Gasteiger partial charge in [-0.3, -0.25) is 9.69 Å². The third-order valence-corrected chi connectivity index (χ3v) is 4.58. The van der Waals surface area contributed by atoms with Gasteiger partial charge >= 0.3 is 0 Å². The fourth-order valence-corrected chi connectivity index (χ4v) is 2.85. The Labute approximate surface area is 154 Å². The zero-order valence-corrected chi connectivity index (χ0v) is 15.1. The monoisotopic (exact) mass is 356 g/mol. The molecule has 2 aromatic rings. The minimum atomic E-state index is -0.385. The number of carbonyl (C=O) groups excluding carboxylic acids is 1. The molecule has 0 aromatic heterocycles. The van der Waals surface area contributed by atoms with Crippen LogP contribution in [0.2, 0.25) is 0 Å². The highest BCUT2D eigenvalue weighted by Gasteiger charge is 2.30. The zero-order chi connectivity index (χ0) is 18.4. The number of ether oxygens (including phenoxy) is 1. The van der Waals surface area contributed by atoms with Gasteiger partial charge in [0.25, 0.3) is 0 Å². The predicted molar refractivity (Wildman–Crippen MR) is 99.4 cm³/mol. The molecule has 1 fully saturated rings. The number of benzene rings is 2. The van der Waals surface area contributed by atoms with E-state index in [4.69, 9.17) is 4.74 Å². The van der Waals surface area contributed by atoms with E-state index in [2.05, 4.69) is 17.0 Å². The van der Waals surface area contributed by atoms with E-state index in [0.29, 0.717) is 19.1 Å². The quantitative estimate of drug-likeness (QED) is 0.691. The number of amides is 1. The van der Waals surface area contributed by atoms with Crippen molar-refractivity contribution in [1.82, 2.24) is 9.80 Å². The molecule has 0 atom stereocenters. The molecule has 4 nitrogen and oxygen atoms in total. The predicted octanol–water partition coefficient (Wildman–Crippen LogP) is 3.33. The van der Waals surface area contributed by atoms with E-state index in [1.165, 1.54) is 11.6 Å². The van der Waals surface area contributed by atoms with Crippen molar-refractivity contribution in [2.75, 3.05) is 26.7 Å². The third-order valence-electron chi connectivity index (χ3n) is 4.58. The fraction of sp³-hybridized carbons (Fsp3) is 0.381.